The highest BCUT2D eigenvalue weighted by Gasteiger charge is 2.63. The molecule has 0 amide bonds. The molecule has 15 heavy (non-hydrogen) atoms. The molecule has 4 aliphatic carbocycles. The van der Waals surface area contributed by atoms with Crippen molar-refractivity contribution < 1.29 is 4.79 Å². The van der Waals surface area contributed by atoms with Crippen LogP contribution in [-0.4, -0.2) is 6.29 Å². The number of aldehydes is 1. The van der Waals surface area contributed by atoms with Gasteiger partial charge >= 0.3 is 0 Å². The quantitative estimate of drug-likeness (QED) is 0.599. The predicted molar refractivity (Wildman–Crippen MR) is 60.5 cm³/mol. The molecule has 4 saturated carbocycles. The van der Waals surface area contributed by atoms with Gasteiger partial charge in [-0.15, -0.1) is 0 Å². The fourth-order valence-corrected chi connectivity index (χ4v) is 6.52. The minimum atomic E-state index is 0.0486. The van der Waals surface area contributed by atoms with E-state index in [0.29, 0.717) is 16.2 Å². The van der Waals surface area contributed by atoms with E-state index in [-0.39, 0.29) is 5.41 Å². The lowest BCUT2D eigenvalue weighted by Gasteiger charge is -2.67. The first-order valence-electron chi connectivity index (χ1n) is 6.27. The van der Waals surface area contributed by atoms with Crippen LogP contribution in [-0.2, 0) is 4.79 Å². The molecule has 4 fully saturated rings. The molecule has 4 aliphatic rings. The summed E-state index contributed by atoms with van der Waals surface area (Å²) in [6.45, 7) is 7.25. The van der Waals surface area contributed by atoms with Gasteiger partial charge in [0.1, 0.15) is 6.29 Å². The topological polar surface area (TPSA) is 17.1 Å². The summed E-state index contributed by atoms with van der Waals surface area (Å²) in [5, 5.41) is 0. The van der Waals surface area contributed by atoms with Gasteiger partial charge in [0.15, 0.2) is 0 Å². The zero-order valence-electron chi connectivity index (χ0n) is 10.2. The maximum Gasteiger partial charge on any atom is 0.126 e. The van der Waals surface area contributed by atoms with E-state index in [2.05, 4.69) is 20.8 Å². The lowest BCUT2D eigenvalue weighted by atomic mass is 9.37. The molecule has 1 nitrogen and oxygen atoms in total. The molecule has 4 bridgehead atoms. The highest BCUT2D eigenvalue weighted by Crippen LogP contribution is 2.72. The van der Waals surface area contributed by atoms with Gasteiger partial charge in [0.2, 0.25) is 0 Å². The molecular formula is C14H22O. The van der Waals surface area contributed by atoms with Crippen LogP contribution in [0.5, 0.6) is 0 Å². The van der Waals surface area contributed by atoms with Gasteiger partial charge in [-0.3, -0.25) is 0 Å². The summed E-state index contributed by atoms with van der Waals surface area (Å²) in [5.74, 6) is 0. The van der Waals surface area contributed by atoms with Crippen molar-refractivity contribution >= 4 is 6.29 Å². The highest BCUT2D eigenvalue weighted by molar-refractivity contribution is 5.61. The Morgan fingerprint density at radius 3 is 1.33 bits per heavy atom. The fourth-order valence-electron chi connectivity index (χ4n) is 6.52. The Labute approximate surface area is 92.6 Å². The molecule has 1 heteroatoms. The smallest absolute Gasteiger partial charge is 0.126 e. The Kier molecular flexibility index (Phi) is 1.53. The summed E-state index contributed by atoms with van der Waals surface area (Å²) >= 11 is 0. The fraction of sp³-hybridized carbons (Fsp3) is 0.929. The molecule has 0 radical (unpaired) electrons. The molecule has 0 aromatic heterocycles. The summed E-state index contributed by atoms with van der Waals surface area (Å²) in [6.07, 6.45) is 8.85. The van der Waals surface area contributed by atoms with Crippen LogP contribution >= 0.6 is 0 Å². The summed E-state index contributed by atoms with van der Waals surface area (Å²) < 4.78 is 0. The minimum Gasteiger partial charge on any atom is -0.303 e. The number of rotatable bonds is 1. The molecule has 4 rings (SSSR count). The second-order valence-corrected chi connectivity index (χ2v) is 7.97. The summed E-state index contributed by atoms with van der Waals surface area (Å²) in [7, 11) is 0. The third-order valence-electron chi connectivity index (χ3n) is 5.15. The molecular weight excluding hydrogens is 184 g/mol. The van der Waals surface area contributed by atoms with Crippen molar-refractivity contribution in [2.45, 2.75) is 59.3 Å². The van der Waals surface area contributed by atoms with Crippen LogP contribution in [0.1, 0.15) is 59.3 Å². The Hall–Kier alpha value is -0.330. The Morgan fingerprint density at radius 1 is 0.733 bits per heavy atom. The number of hydrogen-bond donors (Lipinski definition) is 0. The first kappa shape index (κ1) is 9.86. The van der Waals surface area contributed by atoms with Crippen LogP contribution in [0.25, 0.3) is 0 Å². The van der Waals surface area contributed by atoms with Crippen LogP contribution in [0.15, 0.2) is 0 Å². The molecule has 0 aliphatic heterocycles. The van der Waals surface area contributed by atoms with Gasteiger partial charge in [-0.2, -0.15) is 0 Å². The highest BCUT2D eigenvalue weighted by atomic mass is 16.1. The van der Waals surface area contributed by atoms with Gasteiger partial charge in [-0.25, -0.2) is 0 Å². The van der Waals surface area contributed by atoms with E-state index < -0.39 is 0 Å². The first-order valence-corrected chi connectivity index (χ1v) is 6.27. The van der Waals surface area contributed by atoms with E-state index in [4.69, 9.17) is 0 Å². The molecule has 0 heterocycles. The SMILES string of the molecule is CC12CC3(C)CC(C)(C1)CC(C=O)(C2)C3. The van der Waals surface area contributed by atoms with Crippen molar-refractivity contribution in [3.05, 3.63) is 0 Å². The van der Waals surface area contributed by atoms with E-state index in [1.807, 2.05) is 0 Å². The number of carbonyl (C=O) groups excluding carboxylic acids is 1. The van der Waals surface area contributed by atoms with Gasteiger partial charge in [-0.05, 0) is 54.8 Å². The van der Waals surface area contributed by atoms with Crippen LogP contribution in [0.2, 0.25) is 0 Å². The van der Waals surface area contributed by atoms with E-state index in [1.54, 1.807) is 0 Å². The third kappa shape index (κ3) is 1.24. The summed E-state index contributed by atoms with van der Waals surface area (Å²) in [5.41, 5.74) is 1.42. The van der Waals surface area contributed by atoms with Crippen LogP contribution in [0.4, 0.5) is 0 Å². The van der Waals surface area contributed by atoms with Crippen molar-refractivity contribution in [1.29, 1.82) is 0 Å². The lowest BCUT2D eigenvalue weighted by molar-refractivity contribution is -0.181. The molecule has 0 saturated heterocycles. The number of carbonyl (C=O) groups is 1. The van der Waals surface area contributed by atoms with Gasteiger partial charge < -0.3 is 4.79 Å². The van der Waals surface area contributed by atoms with Crippen molar-refractivity contribution in [2.24, 2.45) is 21.7 Å². The zero-order chi connectivity index (χ0) is 10.9. The maximum atomic E-state index is 11.5. The Balaban J connectivity index is 2.10. The van der Waals surface area contributed by atoms with Crippen molar-refractivity contribution in [3.63, 3.8) is 0 Å². The average molecular weight is 206 g/mol. The van der Waals surface area contributed by atoms with Crippen LogP contribution in [0.3, 0.4) is 0 Å². The molecule has 0 aromatic rings. The molecule has 0 spiro atoms. The zero-order valence-corrected chi connectivity index (χ0v) is 10.2. The van der Waals surface area contributed by atoms with E-state index >= 15 is 0 Å². The lowest BCUT2D eigenvalue weighted by Crippen LogP contribution is -2.59. The normalized spacial score (nSPS) is 62.1. The maximum absolute atomic E-state index is 11.5. The van der Waals surface area contributed by atoms with E-state index in [1.165, 1.54) is 25.5 Å². The van der Waals surface area contributed by atoms with E-state index in [0.717, 1.165) is 19.3 Å². The minimum absolute atomic E-state index is 0.0486. The third-order valence-corrected chi connectivity index (χ3v) is 5.15. The molecule has 84 valence electrons. The molecule has 0 atom stereocenters. The second kappa shape index (κ2) is 2.33. The van der Waals surface area contributed by atoms with Gasteiger partial charge in [0.05, 0.1) is 0 Å². The largest absolute Gasteiger partial charge is 0.303 e. The van der Waals surface area contributed by atoms with E-state index in [9.17, 15) is 4.79 Å². The van der Waals surface area contributed by atoms with Gasteiger partial charge in [-0.1, -0.05) is 20.8 Å². The summed E-state index contributed by atoms with van der Waals surface area (Å²) in [4.78, 5) is 11.5. The van der Waals surface area contributed by atoms with Gasteiger partial charge in [0.25, 0.3) is 0 Å². The first-order chi connectivity index (χ1) is 6.80. The summed E-state index contributed by atoms with van der Waals surface area (Å²) in [6, 6.07) is 0. The van der Waals surface area contributed by atoms with Crippen molar-refractivity contribution in [1.82, 2.24) is 0 Å². The Bertz CT molecular complexity index is 277. The monoisotopic (exact) mass is 206 g/mol. The second-order valence-electron chi connectivity index (χ2n) is 7.97. The van der Waals surface area contributed by atoms with Crippen molar-refractivity contribution in [3.8, 4) is 0 Å². The Morgan fingerprint density at radius 2 is 1.07 bits per heavy atom. The predicted octanol–water partition coefficient (Wildman–Crippen LogP) is 3.57. The van der Waals surface area contributed by atoms with Crippen LogP contribution in [0, 0.1) is 21.7 Å². The van der Waals surface area contributed by atoms with Crippen molar-refractivity contribution in [2.75, 3.05) is 0 Å². The van der Waals surface area contributed by atoms with Gasteiger partial charge in [0, 0.05) is 5.41 Å². The van der Waals surface area contributed by atoms with Crippen LogP contribution < -0.4 is 0 Å². The standard InChI is InChI=1S/C14H22O/c1-11-4-12(2)6-13(3,5-11)9-14(7-11,8-12)10-15/h10H,4-9H2,1-3H3. The average Bonchev–Trinajstić information content (AvgIpc) is 1.94. The molecule has 0 unspecified atom stereocenters. The molecule has 0 aromatic carbocycles. The number of hydrogen-bond acceptors (Lipinski definition) is 1. The molecule has 0 N–H and O–H groups in total.